The van der Waals surface area contributed by atoms with Crippen molar-refractivity contribution in [2.75, 3.05) is 4.90 Å². The van der Waals surface area contributed by atoms with Gasteiger partial charge in [-0.2, -0.15) is 0 Å². The van der Waals surface area contributed by atoms with E-state index in [0.29, 0.717) is 0 Å². The van der Waals surface area contributed by atoms with Crippen LogP contribution in [-0.4, -0.2) is 4.57 Å². The van der Waals surface area contributed by atoms with Crippen LogP contribution in [0.5, 0.6) is 0 Å². The van der Waals surface area contributed by atoms with Gasteiger partial charge >= 0.3 is 0 Å². The third-order valence-corrected chi connectivity index (χ3v) is 12.5. The van der Waals surface area contributed by atoms with Gasteiger partial charge < -0.3 is 13.9 Å². The first-order valence-corrected chi connectivity index (χ1v) is 19.8. The SMILES string of the molecule is CCC1(CC)c2ccccc2-c2c1cc(N(c1ccc(-c3ccccc3)cc1)c1cccc3c1c1ccccc1n3-c1ccccc1)c1c2oc2ccccc21. The highest BCUT2D eigenvalue weighted by Gasteiger charge is 2.43. The minimum atomic E-state index is -0.147. The van der Waals surface area contributed by atoms with Crippen LogP contribution in [0, 0.1) is 0 Å². The van der Waals surface area contributed by atoms with Crippen LogP contribution in [0.2, 0.25) is 0 Å². The van der Waals surface area contributed by atoms with Crippen LogP contribution in [0.15, 0.2) is 186 Å². The maximum Gasteiger partial charge on any atom is 0.145 e. The van der Waals surface area contributed by atoms with E-state index in [-0.39, 0.29) is 5.41 Å². The molecule has 11 rings (SSSR count). The zero-order valence-electron chi connectivity index (χ0n) is 31.5. The summed E-state index contributed by atoms with van der Waals surface area (Å²) in [4.78, 5) is 2.52. The second-order valence-corrected chi connectivity index (χ2v) is 15.1. The largest absolute Gasteiger partial charge is 0.455 e. The van der Waals surface area contributed by atoms with E-state index in [0.717, 1.165) is 57.5 Å². The number of hydrogen-bond acceptors (Lipinski definition) is 2. The van der Waals surface area contributed by atoms with Crippen LogP contribution in [0.3, 0.4) is 0 Å². The molecule has 0 bridgehead atoms. The number of rotatable bonds is 7. The molecule has 2 aromatic heterocycles. The second kappa shape index (κ2) is 12.6. The molecule has 0 fully saturated rings. The van der Waals surface area contributed by atoms with Crippen LogP contribution in [0.4, 0.5) is 17.1 Å². The fourth-order valence-electron chi connectivity index (χ4n) is 9.86. The lowest BCUT2D eigenvalue weighted by Crippen LogP contribution is -2.23. The van der Waals surface area contributed by atoms with Gasteiger partial charge in [0.05, 0.1) is 27.8 Å². The molecular weight excluding hydrogens is 681 g/mol. The van der Waals surface area contributed by atoms with Crippen LogP contribution >= 0.6 is 0 Å². The van der Waals surface area contributed by atoms with E-state index in [2.05, 4.69) is 205 Å². The van der Waals surface area contributed by atoms with Crippen molar-refractivity contribution >= 4 is 60.8 Å². The molecule has 1 aliphatic rings. The molecule has 0 saturated carbocycles. The third kappa shape index (κ3) is 4.58. The first kappa shape index (κ1) is 32.6. The van der Waals surface area contributed by atoms with Crippen molar-refractivity contribution in [3.05, 3.63) is 193 Å². The first-order chi connectivity index (χ1) is 27.7. The Morgan fingerprint density at radius 3 is 1.95 bits per heavy atom. The Morgan fingerprint density at radius 2 is 1.16 bits per heavy atom. The first-order valence-electron chi connectivity index (χ1n) is 19.8. The molecule has 0 spiro atoms. The van der Waals surface area contributed by atoms with Gasteiger partial charge in [-0.25, -0.2) is 0 Å². The predicted octanol–water partition coefficient (Wildman–Crippen LogP) is 14.9. The normalized spacial score (nSPS) is 13.1. The average molecular weight is 721 g/mol. The molecule has 10 aromatic rings. The van der Waals surface area contributed by atoms with E-state index in [1.165, 1.54) is 55.2 Å². The summed E-state index contributed by atoms with van der Waals surface area (Å²) in [5.74, 6) is 0. The quantitative estimate of drug-likeness (QED) is 0.163. The number of fused-ring (bicyclic) bond motifs is 10. The Labute approximate surface area is 326 Å². The number of hydrogen-bond donors (Lipinski definition) is 0. The lowest BCUT2D eigenvalue weighted by atomic mass is 9.73. The molecule has 0 atom stereocenters. The number of nitrogens with zero attached hydrogens (tertiary/aromatic N) is 2. The Balaban J connectivity index is 1.28. The Hall–Kier alpha value is -6.84. The van der Waals surface area contributed by atoms with Gasteiger partial charge in [-0.05, 0) is 95.3 Å². The van der Waals surface area contributed by atoms with Crippen LogP contribution in [0.25, 0.3) is 71.7 Å². The molecule has 0 unspecified atom stereocenters. The zero-order valence-corrected chi connectivity index (χ0v) is 31.5. The van der Waals surface area contributed by atoms with Gasteiger partial charge in [0.15, 0.2) is 0 Å². The second-order valence-electron chi connectivity index (χ2n) is 15.1. The average Bonchev–Trinajstić information content (AvgIpc) is 3.91. The molecule has 3 heteroatoms. The van der Waals surface area contributed by atoms with Gasteiger partial charge in [-0.3, -0.25) is 0 Å². The molecular formula is C53H40N2O. The van der Waals surface area contributed by atoms with E-state index in [9.17, 15) is 0 Å². The summed E-state index contributed by atoms with van der Waals surface area (Å²) in [5.41, 5.74) is 16.2. The summed E-state index contributed by atoms with van der Waals surface area (Å²) in [6.45, 7) is 4.69. The molecule has 0 N–H and O–H groups in total. The minimum absolute atomic E-state index is 0.147. The highest BCUT2D eigenvalue weighted by atomic mass is 16.3. The summed E-state index contributed by atoms with van der Waals surface area (Å²) in [6, 6.07) is 66.2. The summed E-state index contributed by atoms with van der Waals surface area (Å²) >= 11 is 0. The van der Waals surface area contributed by atoms with Gasteiger partial charge in [0.2, 0.25) is 0 Å². The lowest BCUT2D eigenvalue weighted by molar-refractivity contribution is 0.490. The van der Waals surface area contributed by atoms with E-state index < -0.39 is 0 Å². The lowest BCUT2D eigenvalue weighted by Gasteiger charge is -2.32. The van der Waals surface area contributed by atoms with Crippen molar-refractivity contribution in [3.8, 4) is 27.9 Å². The van der Waals surface area contributed by atoms with Crippen molar-refractivity contribution in [3.63, 3.8) is 0 Å². The number of aromatic nitrogens is 1. The Kier molecular flexibility index (Phi) is 7.34. The molecule has 0 radical (unpaired) electrons. The standard InChI is InChI=1S/C53H40N2O/c1-3-53(4-2)42-25-14-11-22-39(42)49-43(53)34-47(51-41-24-13-16-29-48(41)56-52(49)51)55(38-32-30-36(31-33-38)35-18-7-5-8-19-35)46-28-17-27-45-50(46)40-23-12-15-26-44(40)54(45)37-20-9-6-10-21-37/h5-34H,3-4H2,1-2H3. The van der Waals surface area contributed by atoms with Crippen molar-refractivity contribution in [2.45, 2.75) is 32.1 Å². The highest BCUT2D eigenvalue weighted by Crippen LogP contribution is 2.59. The van der Waals surface area contributed by atoms with E-state index in [1.807, 2.05) is 0 Å². The summed E-state index contributed by atoms with van der Waals surface area (Å²) < 4.78 is 9.47. The molecule has 8 aromatic carbocycles. The number of para-hydroxylation sites is 3. The molecule has 1 aliphatic carbocycles. The van der Waals surface area contributed by atoms with Gasteiger partial charge in [-0.15, -0.1) is 0 Å². The van der Waals surface area contributed by atoms with Crippen molar-refractivity contribution in [2.24, 2.45) is 0 Å². The summed E-state index contributed by atoms with van der Waals surface area (Å²) in [7, 11) is 0. The van der Waals surface area contributed by atoms with Crippen molar-refractivity contribution < 1.29 is 4.42 Å². The molecule has 56 heavy (non-hydrogen) atoms. The van der Waals surface area contributed by atoms with E-state index in [4.69, 9.17) is 4.42 Å². The maximum atomic E-state index is 7.06. The molecule has 0 saturated heterocycles. The van der Waals surface area contributed by atoms with Gasteiger partial charge in [0.1, 0.15) is 11.2 Å². The fourth-order valence-corrected chi connectivity index (χ4v) is 9.86. The number of furan rings is 1. The highest BCUT2D eigenvalue weighted by molar-refractivity contribution is 6.22. The van der Waals surface area contributed by atoms with Crippen LogP contribution < -0.4 is 4.90 Å². The van der Waals surface area contributed by atoms with Crippen LogP contribution in [-0.2, 0) is 5.41 Å². The minimum Gasteiger partial charge on any atom is -0.455 e. The van der Waals surface area contributed by atoms with E-state index >= 15 is 0 Å². The van der Waals surface area contributed by atoms with Gasteiger partial charge in [0.25, 0.3) is 0 Å². The van der Waals surface area contributed by atoms with Crippen LogP contribution in [0.1, 0.15) is 37.8 Å². The van der Waals surface area contributed by atoms with Gasteiger partial charge in [-0.1, -0.05) is 141 Å². The molecule has 268 valence electrons. The monoisotopic (exact) mass is 720 g/mol. The smallest absolute Gasteiger partial charge is 0.145 e. The van der Waals surface area contributed by atoms with E-state index in [1.54, 1.807) is 0 Å². The number of anilines is 3. The maximum absolute atomic E-state index is 7.06. The molecule has 0 amide bonds. The zero-order chi connectivity index (χ0) is 37.4. The summed E-state index contributed by atoms with van der Waals surface area (Å²) in [5, 5.41) is 4.67. The van der Waals surface area contributed by atoms with Crippen molar-refractivity contribution in [1.82, 2.24) is 4.57 Å². The summed E-state index contributed by atoms with van der Waals surface area (Å²) in [6.07, 6.45) is 1.98. The molecule has 3 nitrogen and oxygen atoms in total. The number of benzene rings is 8. The topological polar surface area (TPSA) is 21.3 Å². The Bertz CT molecular complexity index is 3090. The van der Waals surface area contributed by atoms with Gasteiger partial charge in [0, 0.05) is 38.5 Å². The fraction of sp³-hybridized carbons (Fsp3) is 0.0943. The molecule has 2 heterocycles. The third-order valence-electron chi connectivity index (χ3n) is 12.5. The predicted molar refractivity (Wildman–Crippen MR) is 235 cm³/mol. The van der Waals surface area contributed by atoms with Crippen molar-refractivity contribution in [1.29, 1.82) is 0 Å². The molecule has 0 aliphatic heterocycles. The Morgan fingerprint density at radius 1 is 0.518 bits per heavy atom.